The first-order valence-corrected chi connectivity index (χ1v) is 6.51. The maximum absolute atomic E-state index is 12.7. The first-order valence-electron chi connectivity index (χ1n) is 6.51. The number of carbonyl (C=O) groups is 2. The van der Waals surface area contributed by atoms with Gasteiger partial charge in [0.2, 0.25) is 0 Å². The molecule has 0 aliphatic rings. The molecule has 0 saturated heterocycles. The topological polar surface area (TPSA) is 122 Å². The van der Waals surface area contributed by atoms with Gasteiger partial charge in [-0.3, -0.25) is 14.4 Å². The van der Waals surface area contributed by atoms with Gasteiger partial charge in [0.25, 0.3) is 5.56 Å². The smallest absolute Gasteiger partial charge is 0.416 e. The Hall–Kier alpha value is -2.98. The van der Waals surface area contributed by atoms with Crippen LogP contribution in [0.25, 0.3) is 10.9 Å². The van der Waals surface area contributed by atoms with E-state index in [0.29, 0.717) is 10.7 Å². The second-order valence-electron chi connectivity index (χ2n) is 4.87. The molecule has 128 valence electrons. The predicted octanol–water partition coefficient (Wildman–Crippen LogP) is 0.986. The fourth-order valence-electron chi connectivity index (χ4n) is 2.00. The number of nitrogens with zero attached hydrogens (tertiary/aromatic N) is 3. The van der Waals surface area contributed by atoms with Gasteiger partial charge in [-0.1, -0.05) is 5.21 Å². The lowest BCUT2D eigenvalue weighted by Gasteiger charge is -2.10. The lowest BCUT2D eigenvalue weighted by atomic mass is 10.1. The van der Waals surface area contributed by atoms with Crippen molar-refractivity contribution < 1.29 is 33.0 Å². The minimum Gasteiger partial charge on any atom is -0.481 e. The number of carboxylic acid groups (broad SMARTS) is 2. The van der Waals surface area contributed by atoms with Crippen molar-refractivity contribution in [3.05, 3.63) is 34.1 Å². The molecule has 8 nitrogen and oxygen atoms in total. The number of alkyl halides is 3. The van der Waals surface area contributed by atoms with Crippen LogP contribution in [0.1, 0.15) is 12.0 Å². The number of hydrogen-bond acceptors (Lipinski definition) is 5. The standard InChI is InChI=1S/C13H10F3N3O5/c14-13(15,16)6-1-2-9-8(5-6)10(20)19(18-17-9)4-3-7(11(21)22)12(23)24/h1-2,5,7H,3-4H2,(H,21,22)(H,23,24). The molecule has 0 radical (unpaired) electrons. The van der Waals surface area contributed by atoms with Crippen LogP contribution in [-0.4, -0.2) is 37.1 Å². The van der Waals surface area contributed by atoms with Gasteiger partial charge in [-0.25, -0.2) is 4.68 Å². The predicted molar refractivity (Wildman–Crippen MR) is 72.2 cm³/mol. The summed E-state index contributed by atoms with van der Waals surface area (Å²) in [5.74, 6) is -4.96. The summed E-state index contributed by atoms with van der Waals surface area (Å²) < 4.78 is 38.8. The van der Waals surface area contributed by atoms with Crippen molar-refractivity contribution in [3.63, 3.8) is 0 Å². The molecule has 2 N–H and O–H groups in total. The lowest BCUT2D eigenvalue weighted by Crippen LogP contribution is -2.29. The number of carboxylic acids is 2. The molecule has 24 heavy (non-hydrogen) atoms. The molecular weight excluding hydrogens is 335 g/mol. The van der Waals surface area contributed by atoms with Crippen molar-refractivity contribution >= 4 is 22.8 Å². The highest BCUT2D eigenvalue weighted by molar-refractivity contribution is 5.92. The zero-order valence-electron chi connectivity index (χ0n) is 11.8. The molecule has 2 aromatic rings. The minimum absolute atomic E-state index is 0.0581. The lowest BCUT2D eigenvalue weighted by molar-refractivity contribution is -0.155. The first-order chi connectivity index (χ1) is 11.1. The van der Waals surface area contributed by atoms with E-state index in [0.717, 1.165) is 12.1 Å². The van der Waals surface area contributed by atoms with Crippen LogP contribution in [0.2, 0.25) is 0 Å². The summed E-state index contributed by atoms with van der Waals surface area (Å²) in [6, 6.07) is 2.37. The Morgan fingerprint density at radius 1 is 1.21 bits per heavy atom. The number of halogens is 3. The summed E-state index contributed by atoms with van der Waals surface area (Å²) in [4.78, 5) is 33.7. The summed E-state index contributed by atoms with van der Waals surface area (Å²) in [6.45, 7) is -0.415. The summed E-state index contributed by atoms with van der Waals surface area (Å²) in [7, 11) is 0. The number of aliphatic carboxylic acids is 2. The van der Waals surface area contributed by atoms with Gasteiger partial charge in [0, 0.05) is 6.54 Å². The van der Waals surface area contributed by atoms with Gasteiger partial charge in [-0.2, -0.15) is 13.2 Å². The Kier molecular flexibility index (Phi) is 4.53. The van der Waals surface area contributed by atoms with Crippen molar-refractivity contribution in [2.45, 2.75) is 19.1 Å². The molecule has 0 unspecified atom stereocenters. The number of aromatic nitrogens is 3. The van der Waals surface area contributed by atoms with Crippen molar-refractivity contribution in [2.24, 2.45) is 5.92 Å². The van der Waals surface area contributed by atoms with Crippen molar-refractivity contribution in [2.75, 3.05) is 0 Å². The maximum atomic E-state index is 12.7. The van der Waals surface area contributed by atoms with E-state index in [9.17, 15) is 27.6 Å². The van der Waals surface area contributed by atoms with Gasteiger partial charge in [-0.05, 0) is 24.6 Å². The molecule has 2 rings (SSSR count). The fourth-order valence-corrected chi connectivity index (χ4v) is 2.00. The van der Waals surface area contributed by atoms with E-state index < -0.39 is 48.1 Å². The molecule has 1 aromatic carbocycles. The van der Waals surface area contributed by atoms with Crippen LogP contribution < -0.4 is 5.56 Å². The third kappa shape index (κ3) is 3.50. The summed E-state index contributed by atoms with van der Waals surface area (Å²) in [5, 5.41) is 24.2. The fraction of sp³-hybridized carbons (Fsp3) is 0.308. The summed E-state index contributed by atoms with van der Waals surface area (Å²) in [6.07, 6.45) is -5.11. The SMILES string of the molecule is O=C(O)C(CCn1nnc2ccc(C(F)(F)F)cc2c1=O)C(=O)O. The van der Waals surface area contributed by atoms with Crippen molar-refractivity contribution in [1.82, 2.24) is 15.0 Å². The molecule has 0 saturated carbocycles. The quantitative estimate of drug-likeness (QED) is 0.775. The van der Waals surface area contributed by atoms with Crippen LogP contribution >= 0.6 is 0 Å². The van der Waals surface area contributed by atoms with E-state index in [-0.39, 0.29) is 10.9 Å². The molecule has 1 heterocycles. The molecule has 0 aliphatic carbocycles. The number of benzene rings is 1. The van der Waals surface area contributed by atoms with E-state index in [1.165, 1.54) is 0 Å². The highest BCUT2D eigenvalue weighted by Gasteiger charge is 2.31. The number of rotatable bonds is 5. The summed E-state index contributed by atoms with van der Waals surface area (Å²) in [5.41, 5.74) is -2.02. The Bertz CT molecular complexity index is 848. The molecule has 1 aromatic heterocycles. The third-order valence-electron chi connectivity index (χ3n) is 3.27. The first kappa shape index (κ1) is 17.4. The van der Waals surface area contributed by atoms with Crippen LogP contribution in [0.15, 0.2) is 23.0 Å². The molecule has 11 heteroatoms. The summed E-state index contributed by atoms with van der Waals surface area (Å²) >= 11 is 0. The van der Waals surface area contributed by atoms with Crippen LogP contribution in [0.3, 0.4) is 0 Å². The van der Waals surface area contributed by atoms with E-state index in [2.05, 4.69) is 10.3 Å². The molecule has 0 bridgehead atoms. The molecule has 0 fully saturated rings. The number of aryl methyl sites for hydroxylation is 1. The zero-order chi connectivity index (χ0) is 18.1. The Labute approximate surface area is 131 Å². The average Bonchev–Trinajstić information content (AvgIpc) is 2.47. The maximum Gasteiger partial charge on any atom is 0.416 e. The number of fused-ring (bicyclic) bond motifs is 1. The Morgan fingerprint density at radius 3 is 2.38 bits per heavy atom. The molecule has 0 atom stereocenters. The van der Waals surface area contributed by atoms with Crippen LogP contribution in [0, 0.1) is 5.92 Å². The highest BCUT2D eigenvalue weighted by atomic mass is 19.4. The van der Waals surface area contributed by atoms with Gasteiger partial charge in [-0.15, -0.1) is 5.10 Å². The largest absolute Gasteiger partial charge is 0.481 e. The molecule has 0 spiro atoms. The van der Waals surface area contributed by atoms with E-state index in [1.54, 1.807) is 0 Å². The van der Waals surface area contributed by atoms with Gasteiger partial charge in [0.05, 0.1) is 10.9 Å². The second-order valence-corrected chi connectivity index (χ2v) is 4.87. The molecular formula is C13H10F3N3O5. The van der Waals surface area contributed by atoms with Crippen LogP contribution in [0.4, 0.5) is 13.2 Å². The van der Waals surface area contributed by atoms with Crippen LogP contribution in [0.5, 0.6) is 0 Å². The van der Waals surface area contributed by atoms with E-state index in [1.807, 2.05) is 0 Å². The highest BCUT2D eigenvalue weighted by Crippen LogP contribution is 2.30. The number of hydrogen-bond donors (Lipinski definition) is 2. The van der Waals surface area contributed by atoms with Gasteiger partial charge in [0.15, 0.2) is 5.92 Å². The van der Waals surface area contributed by atoms with Crippen molar-refractivity contribution in [1.29, 1.82) is 0 Å². The molecule has 0 aliphatic heterocycles. The van der Waals surface area contributed by atoms with Gasteiger partial charge < -0.3 is 10.2 Å². The Balaban J connectivity index is 2.39. The van der Waals surface area contributed by atoms with Gasteiger partial charge in [0.1, 0.15) is 5.52 Å². The van der Waals surface area contributed by atoms with Crippen molar-refractivity contribution in [3.8, 4) is 0 Å². The Morgan fingerprint density at radius 2 is 1.83 bits per heavy atom. The monoisotopic (exact) mass is 345 g/mol. The molecule has 0 amide bonds. The minimum atomic E-state index is -4.65. The normalized spacial score (nSPS) is 11.8. The van der Waals surface area contributed by atoms with E-state index in [4.69, 9.17) is 10.2 Å². The zero-order valence-corrected chi connectivity index (χ0v) is 11.8. The second kappa shape index (κ2) is 6.26. The van der Waals surface area contributed by atoms with Crippen LogP contribution in [-0.2, 0) is 22.3 Å². The van der Waals surface area contributed by atoms with E-state index >= 15 is 0 Å². The third-order valence-corrected chi connectivity index (χ3v) is 3.27. The van der Waals surface area contributed by atoms with Gasteiger partial charge >= 0.3 is 18.1 Å². The average molecular weight is 345 g/mol.